The predicted molar refractivity (Wildman–Crippen MR) is 88.6 cm³/mol. The third kappa shape index (κ3) is 7.13. The van der Waals surface area contributed by atoms with Crippen LogP contribution >= 0.6 is 0 Å². The van der Waals surface area contributed by atoms with E-state index in [2.05, 4.69) is 0 Å². The van der Waals surface area contributed by atoms with E-state index in [0.717, 1.165) is 0 Å². The Labute approximate surface area is 148 Å². The summed E-state index contributed by atoms with van der Waals surface area (Å²) < 4.78 is 73.9. The van der Waals surface area contributed by atoms with Crippen LogP contribution in [-0.2, 0) is 19.6 Å². The molecular formula is C16H29F3O5S. The summed E-state index contributed by atoms with van der Waals surface area (Å²) in [5.74, 6) is -1.15. The van der Waals surface area contributed by atoms with E-state index in [9.17, 15) is 26.4 Å². The van der Waals surface area contributed by atoms with Crippen molar-refractivity contribution in [2.75, 3.05) is 6.61 Å². The van der Waals surface area contributed by atoms with Gasteiger partial charge in [-0.05, 0) is 17.3 Å². The number of halogens is 3. The van der Waals surface area contributed by atoms with Crippen LogP contribution in [-0.4, -0.2) is 37.0 Å². The molecule has 150 valence electrons. The quantitative estimate of drug-likeness (QED) is 0.471. The van der Waals surface area contributed by atoms with Gasteiger partial charge in [0.05, 0.1) is 12.5 Å². The fraction of sp³-hybridized carbons (Fsp3) is 0.938. The smallest absolute Gasteiger partial charge is 0.400 e. The third-order valence-corrected chi connectivity index (χ3v) is 5.22. The lowest BCUT2D eigenvalue weighted by molar-refractivity contribution is -0.155. The van der Waals surface area contributed by atoms with Crippen molar-refractivity contribution in [3.63, 3.8) is 0 Å². The molecule has 0 aliphatic heterocycles. The van der Waals surface area contributed by atoms with Crippen molar-refractivity contribution in [1.29, 1.82) is 0 Å². The summed E-state index contributed by atoms with van der Waals surface area (Å²) in [6.45, 7) is 10.8. The van der Waals surface area contributed by atoms with Gasteiger partial charge < -0.3 is 4.74 Å². The van der Waals surface area contributed by atoms with Crippen LogP contribution in [0, 0.1) is 16.7 Å². The third-order valence-electron chi connectivity index (χ3n) is 4.28. The van der Waals surface area contributed by atoms with Crippen LogP contribution < -0.4 is 0 Å². The number of rotatable bonds is 9. The molecule has 1 N–H and O–H groups in total. The van der Waals surface area contributed by atoms with Gasteiger partial charge in [0.15, 0.2) is 6.17 Å². The first kappa shape index (κ1) is 24.2. The zero-order valence-corrected chi connectivity index (χ0v) is 16.4. The Morgan fingerprint density at radius 3 is 2.00 bits per heavy atom. The van der Waals surface area contributed by atoms with Gasteiger partial charge >= 0.3 is 21.3 Å². The summed E-state index contributed by atoms with van der Waals surface area (Å²) >= 11 is 0. The molecule has 0 radical (unpaired) electrons. The molecule has 0 rings (SSSR count). The number of carbonyl (C=O) groups is 1. The first-order valence-electron chi connectivity index (χ1n) is 8.11. The average Bonchev–Trinajstić information content (AvgIpc) is 2.42. The maximum Gasteiger partial charge on any atom is 0.400 e. The van der Waals surface area contributed by atoms with E-state index >= 15 is 0 Å². The second-order valence-electron chi connectivity index (χ2n) is 8.12. The number of carbonyl (C=O) groups excluding carboxylic acids is 1. The van der Waals surface area contributed by atoms with Crippen molar-refractivity contribution in [3.8, 4) is 0 Å². The lowest BCUT2D eigenvalue weighted by atomic mass is 9.70. The summed E-state index contributed by atoms with van der Waals surface area (Å²) in [5.41, 5.74) is -0.589. The van der Waals surface area contributed by atoms with Gasteiger partial charge in [-0.3, -0.25) is 9.35 Å². The lowest BCUT2D eigenvalue weighted by Crippen LogP contribution is -2.40. The van der Waals surface area contributed by atoms with Crippen LogP contribution in [0.15, 0.2) is 0 Å². The number of alkyl halides is 3. The molecule has 0 aromatic carbocycles. The number of hydrogen-bond donors (Lipinski definition) is 1. The largest absolute Gasteiger partial charge is 0.465 e. The normalized spacial score (nSPS) is 16.4. The molecule has 25 heavy (non-hydrogen) atoms. The highest BCUT2D eigenvalue weighted by molar-refractivity contribution is 7.86. The fourth-order valence-electron chi connectivity index (χ4n) is 2.23. The molecule has 0 bridgehead atoms. The van der Waals surface area contributed by atoms with Crippen LogP contribution in [0.5, 0.6) is 0 Å². The molecule has 0 aromatic rings. The first-order valence-corrected chi connectivity index (χ1v) is 9.55. The SMILES string of the molecule is CCC(C)(C)C(CC(C)(C)C)C(=O)OCCC(F)C(F)(F)S(=O)(=O)O. The van der Waals surface area contributed by atoms with E-state index < -0.39 is 51.9 Å². The summed E-state index contributed by atoms with van der Waals surface area (Å²) in [6, 6.07) is 0. The molecule has 0 spiro atoms. The van der Waals surface area contributed by atoms with Gasteiger partial charge in [0.25, 0.3) is 0 Å². The Hall–Kier alpha value is -0.830. The van der Waals surface area contributed by atoms with Gasteiger partial charge in [0.2, 0.25) is 0 Å². The first-order chi connectivity index (χ1) is 11.0. The van der Waals surface area contributed by atoms with E-state index in [4.69, 9.17) is 9.29 Å². The molecule has 0 aliphatic carbocycles. The van der Waals surface area contributed by atoms with Crippen molar-refractivity contribution in [3.05, 3.63) is 0 Å². The Kier molecular flexibility index (Phi) is 7.97. The standard InChI is InChI=1S/C16H29F3O5S/c1-7-15(5,6)11(10-14(2,3)4)13(20)24-9-8-12(17)16(18,19)25(21,22)23/h11-12H,7-10H2,1-6H3,(H,21,22,23). The van der Waals surface area contributed by atoms with Gasteiger partial charge in [0.1, 0.15) is 0 Å². The van der Waals surface area contributed by atoms with Gasteiger partial charge in [-0.25, -0.2) is 4.39 Å². The molecule has 0 aliphatic rings. The maximum atomic E-state index is 13.4. The van der Waals surface area contributed by atoms with Crippen molar-refractivity contribution in [2.24, 2.45) is 16.7 Å². The zero-order valence-electron chi connectivity index (χ0n) is 15.6. The molecular weight excluding hydrogens is 361 g/mol. The van der Waals surface area contributed by atoms with E-state index in [1.807, 2.05) is 41.5 Å². The minimum atomic E-state index is -5.87. The van der Waals surface area contributed by atoms with Crippen LogP contribution in [0.2, 0.25) is 0 Å². The molecule has 5 nitrogen and oxygen atoms in total. The van der Waals surface area contributed by atoms with E-state index in [1.165, 1.54) is 0 Å². The predicted octanol–water partition coefficient (Wildman–Crippen LogP) is 4.23. The highest BCUT2D eigenvalue weighted by Gasteiger charge is 2.52. The summed E-state index contributed by atoms with van der Waals surface area (Å²) in [6.07, 6.45) is -3.04. The van der Waals surface area contributed by atoms with E-state index in [1.54, 1.807) is 0 Å². The summed E-state index contributed by atoms with van der Waals surface area (Å²) in [5, 5.41) is -4.94. The summed E-state index contributed by atoms with van der Waals surface area (Å²) in [7, 11) is -5.87. The van der Waals surface area contributed by atoms with Crippen LogP contribution in [0.3, 0.4) is 0 Å². The second kappa shape index (κ2) is 8.24. The van der Waals surface area contributed by atoms with Gasteiger partial charge in [-0.15, -0.1) is 0 Å². The number of esters is 1. The summed E-state index contributed by atoms with van der Waals surface area (Å²) in [4.78, 5) is 12.4. The zero-order chi connectivity index (χ0) is 20.3. The van der Waals surface area contributed by atoms with Gasteiger partial charge in [0, 0.05) is 6.42 Å². The van der Waals surface area contributed by atoms with Gasteiger partial charge in [-0.1, -0.05) is 48.0 Å². The molecule has 2 unspecified atom stereocenters. The van der Waals surface area contributed by atoms with Crippen molar-refractivity contribution in [1.82, 2.24) is 0 Å². The fourth-order valence-corrected chi connectivity index (χ4v) is 2.67. The molecule has 9 heteroatoms. The van der Waals surface area contributed by atoms with Gasteiger partial charge in [-0.2, -0.15) is 17.2 Å². The minimum absolute atomic E-state index is 0.184. The highest BCUT2D eigenvalue weighted by atomic mass is 32.2. The molecule has 0 amide bonds. The van der Waals surface area contributed by atoms with Crippen LogP contribution in [0.25, 0.3) is 0 Å². The minimum Gasteiger partial charge on any atom is -0.465 e. The monoisotopic (exact) mass is 390 g/mol. The number of ether oxygens (including phenoxy) is 1. The Balaban J connectivity index is 4.94. The highest BCUT2D eigenvalue weighted by Crippen LogP contribution is 2.39. The van der Waals surface area contributed by atoms with Crippen LogP contribution in [0.1, 0.15) is 60.8 Å². The van der Waals surface area contributed by atoms with Crippen molar-refractivity contribution in [2.45, 2.75) is 72.2 Å². The Morgan fingerprint density at radius 1 is 1.16 bits per heavy atom. The maximum absolute atomic E-state index is 13.4. The topological polar surface area (TPSA) is 80.7 Å². The second-order valence-corrected chi connectivity index (χ2v) is 9.61. The van der Waals surface area contributed by atoms with E-state index in [0.29, 0.717) is 12.8 Å². The molecule has 2 atom stereocenters. The van der Waals surface area contributed by atoms with Crippen LogP contribution in [0.4, 0.5) is 13.2 Å². The molecule has 0 fully saturated rings. The Morgan fingerprint density at radius 2 is 1.64 bits per heavy atom. The molecule has 0 saturated heterocycles. The molecule has 0 heterocycles. The van der Waals surface area contributed by atoms with E-state index in [-0.39, 0.29) is 5.41 Å². The average molecular weight is 390 g/mol. The molecule has 0 aromatic heterocycles. The molecule has 0 saturated carbocycles. The van der Waals surface area contributed by atoms with Crippen molar-refractivity contribution < 1.29 is 35.7 Å². The van der Waals surface area contributed by atoms with Crippen molar-refractivity contribution >= 4 is 16.1 Å². The lowest BCUT2D eigenvalue weighted by Gasteiger charge is -2.36. The Bertz CT molecular complexity index is 553. The number of hydrogen-bond acceptors (Lipinski definition) is 4.